The first kappa shape index (κ1) is 16.2. The number of aryl methyl sites for hydroxylation is 1. The summed E-state index contributed by atoms with van der Waals surface area (Å²) < 4.78 is 18.2. The smallest absolute Gasteiger partial charge is 0.407 e. The Balaban J connectivity index is 2.36. The Kier molecular flexibility index (Phi) is 5.74. The van der Waals surface area contributed by atoms with Crippen molar-refractivity contribution < 1.29 is 13.9 Å². The summed E-state index contributed by atoms with van der Waals surface area (Å²) in [4.78, 5) is 11.4. The second-order valence-corrected chi connectivity index (χ2v) is 5.62. The zero-order valence-electron chi connectivity index (χ0n) is 12.5. The van der Waals surface area contributed by atoms with Gasteiger partial charge >= 0.3 is 6.09 Å². The average Bonchev–Trinajstić information content (AvgIpc) is 2.30. The largest absolute Gasteiger partial charge is 0.444 e. The molecule has 0 saturated carbocycles. The number of hydrogen-bond acceptors (Lipinski definition) is 2. The summed E-state index contributed by atoms with van der Waals surface area (Å²) in [5.74, 6) is -0.248. The summed E-state index contributed by atoms with van der Waals surface area (Å²) >= 11 is 0. The highest BCUT2D eigenvalue weighted by atomic mass is 19.1. The summed E-state index contributed by atoms with van der Waals surface area (Å²) in [6, 6.07) is 4.68. The van der Waals surface area contributed by atoms with E-state index in [-0.39, 0.29) is 5.82 Å². The van der Waals surface area contributed by atoms with E-state index >= 15 is 0 Å². The van der Waals surface area contributed by atoms with Crippen LogP contribution < -0.4 is 5.32 Å². The van der Waals surface area contributed by atoms with Gasteiger partial charge < -0.3 is 10.1 Å². The first-order valence-corrected chi connectivity index (χ1v) is 6.67. The van der Waals surface area contributed by atoms with E-state index in [1.54, 1.807) is 6.07 Å². The second kappa shape index (κ2) is 7.08. The number of rotatable bonds is 4. The van der Waals surface area contributed by atoms with E-state index in [0.717, 1.165) is 11.1 Å². The van der Waals surface area contributed by atoms with Crippen LogP contribution in [0.3, 0.4) is 0 Å². The molecule has 0 aliphatic carbocycles. The Bertz CT molecular complexity index is 490. The molecule has 20 heavy (non-hydrogen) atoms. The molecule has 0 unspecified atom stereocenters. The molecule has 0 aliphatic rings. The molecular formula is C16H22FNO2. The van der Waals surface area contributed by atoms with Crippen LogP contribution in [0.2, 0.25) is 0 Å². The van der Waals surface area contributed by atoms with Gasteiger partial charge in [-0.25, -0.2) is 9.18 Å². The third kappa shape index (κ3) is 6.36. The molecule has 1 aromatic rings. The van der Waals surface area contributed by atoms with E-state index in [4.69, 9.17) is 4.74 Å². The van der Waals surface area contributed by atoms with Crippen LogP contribution in [-0.2, 0) is 4.74 Å². The highest BCUT2D eigenvalue weighted by Crippen LogP contribution is 2.12. The van der Waals surface area contributed by atoms with Gasteiger partial charge in [0.25, 0.3) is 0 Å². The fourth-order valence-corrected chi connectivity index (χ4v) is 1.57. The van der Waals surface area contributed by atoms with Crippen molar-refractivity contribution in [3.05, 3.63) is 41.2 Å². The molecule has 1 amide bonds. The molecule has 0 aliphatic heterocycles. The number of alkyl carbamates (subject to hydrolysis) is 1. The van der Waals surface area contributed by atoms with Crippen molar-refractivity contribution in [1.82, 2.24) is 5.32 Å². The van der Waals surface area contributed by atoms with Crippen LogP contribution >= 0.6 is 0 Å². The number of hydrogen-bond donors (Lipinski definition) is 1. The molecule has 0 fully saturated rings. The zero-order valence-corrected chi connectivity index (χ0v) is 12.5. The van der Waals surface area contributed by atoms with Crippen molar-refractivity contribution in [3.8, 4) is 0 Å². The maximum atomic E-state index is 13.1. The Labute approximate surface area is 119 Å². The van der Waals surface area contributed by atoms with E-state index in [0.29, 0.717) is 13.0 Å². The lowest BCUT2D eigenvalue weighted by atomic mass is 10.1. The molecule has 0 heterocycles. The lowest BCUT2D eigenvalue weighted by Crippen LogP contribution is -2.32. The van der Waals surface area contributed by atoms with E-state index in [9.17, 15) is 9.18 Å². The third-order valence-corrected chi connectivity index (χ3v) is 2.52. The Morgan fingerprint density at radius 3 is 2.75 bits per heavy atom. The van der Waals surface area contributed by atoms with Crippen molar-refractivity contribution in [1.29, 1.82) is 0 Å². The number of nitrogens with one attached hydrogen (secondary N) is 1. The van der Waals surface area contributed by atoms with Crippen LogP contribution in [0.1, 0.15) is 38.3 Å². The molecule has 1 aromatic carbocycles. The van der Waals surface area contributed by atoms with Gasteiger partial charge in [-0.15, -0.1) is 0 Å². The lowest BCUT2D eigenvalue weighted by Gasteiger charge is -2.19. The molecule has 0 bridgehead atoms. The van der Waals surface area contributed by atoms with Crippen molar-refractivity contribution in [2.24, 2.45) is 0 Å². The van der Waals surface area contributed by atoms with Gasteiger partial charge in [0.05, 0.1) is 0 Å². The van der Waals surface area contributed by atoms with Crippen LogP contribution in [0.15, 0.2) is 24.3 Å². The quantitative estimate of drug-likeness (QED) is 0.844. The predicted molar refractivity (Wildman–Crippen MR) is 79.0 cm³/mol. The molecular weight excluding hydrogens is 257 g/mol. The molecule has 4 heteroatoms. The van der Waals surface area contributed by atoms with Crippen molar-refractivity contribution >= 4 is 12.2 Å². The summed E-state index contributed by atoms with van der Waals surface area (Å²) in [6.45, 7) is 7.87. The van der Waals surface area contributed by atoms with Gasteiger partial charge in [0.15, 0.2) is 0 Å². The number of amides is 1. The molecule has 1 N–H and O–H groups in total. The summed E-state index contributed by atoms with van der Waals surface area (Å²) in [6.07, 6.45) is 4.00. The van der Waals surface area contributed by atoms with Gasteiger partial charge in [-0.05, 0) is 57.4 Å². The van der Waals surface area contributed by atoms with Crippen LogP contribution in [0.4, 0.5) is 9.18 Å². The van der Waals surface area contributed by atoms with Crippen LogP contribution in [0.25, 0.3) is 6.08 Å². The highest BCUT2D eigenvalue weighted by molar-refractivity contribution is 5.67. The van der Waals surface area contributed by atoms with Gasteiger partial charge in [0.2, 0.25) is 0 Å². The summed E-state index contributed by atoms with van der Waals surface area (Å²) in [5, 5.41) is 2.66. The maximum Gasteiger partial charge on any atom is 0.407 e. The highest BCUT2D eigenvalue weighted by Gasteiger charge is 2.15. The Hall–Kier alpha value is -1.84. The van der Waals surface area contributed by atoms with Gasteiger partial charge in [-0.1, -0.05) is 18.2 Å². The standard InChI is InChI=1S/C16H22FNO2/c1-12-8-9-14(17)11-13(12)7-5-6-10-18-15(19)20-16(2,3)4/h5,7-9,11H,6,10H2,1-4H3,(H,18,19). The van der Waals surface area contributed by atoms with E-state index < -0.39 is 11.7 Å². The first-order chi connectivity index (χ1) is 9.28. The topological polar surface area (TPSA) is 38.3 Å². The fraction of sp³-hybridized carbons (Fsp3) is 0.438. The van der Waals surface area contributed by atoms with Gasteiger partial charge in [-0.2, -0.15) is 0 Å². The zero-order chi connectivity index (χ0) is 15.2. The SMILES string of the molecule is Cc1ccc(F)cc1C=CCCNC(=O)OC(C)(C)C. The second-order valence-electron chi connectivity index (χ2n) is 5.62. The molecule has 3 nitrogen and oxygen atoms in total. The van der Waals surface area contributed by atoms with Gasteiger partial charge in [-0.3, -0.25) is 0 Å². The molecule has 0 radical (unpaired) electrons. The molecule has 1 rings (SSSR count). The first-order valence-electron chi connectivity index (χ1n) is 6.67. The summed E-state index contributed by atoms with van der Waals surface area (Å²) in [7, 11) is 0. The molecule has 0 saturated heterocycles. The minimum Gasteiger partial charge on any atom is -0.444 e. The molecule has 0 atom stereocenters. The van der Waals surface area contributed by atoms with E-state index in [1.165, 1.54) is 12.1 Å². The van der Waals surface area contributed by atoms with Crippen LogP contribution in [0.5, 0.6) is 0 Å². The van der Waals surface area contributed by atoms with Crippen LogP contribution in [-0.4, -0.2) is 18.2 Å². The Morgan fingerprint density at radius 1 is 1.40 bits per heavy atom. The number of halogens is 1. The molecule has 0 spiro atoms. The van der Waals surface area contributed by atoms with Crippen molar-refractivity contribution in [3.63, 3.8) is 0 Å². The minimum absolute atomic E-state index is 0.248. The van der Waals surface area contributed by atoms with Gasteiger partial charge in [0, 0.05) is 6.54 Å². The van der Waals surface area contributed by atoms with E-state index in [1.807, 2.05) is 39.8 Å². The minimum atomic E-state index is -0.487. The molecule has 110 valence electrons. The number of benzene rings is 1. The number of carbonyl (C=O) groups is 1. The number of ether oxygens (including phenoxy) is 1. The summed E-state index contributed by atoms with van der Waals surface area (Å²) in [5.41, 5.74) is 1.38. The monoisotopic (exact) mass is 279 g/mol. The van der Waals surface area contributed by atoms with Crippen molar-refractivity contribution in [2.75, 3.05) is 6.54 Å². The lowest BCUT2D eigenvalue weighted by molar-refractivity contribution is 0.0529. The average molecular weight is 279 g/mol. The maximum absolute atomic E-state index is 13.1. The Morgan fingerprint density at radius 2 is 2.10 bits per heavy atom. The predicted octanol–water partition coefficient (Wildman–Crippen LogP) is 4.06. The third-order valence-electron chi connectivity index (χ3n) is 2.52. The fourth-order valence-electron chi connectivity index (χ4n) is 1.57. The van der Waals surface area contributed by atoms with Gasteiger partial charge in [0.1, 0.15) is 11.4 Å². The molecule has 0 aromatic heterocycles. The van der Waals surface area contributed by atoms with Crippen LogP contribution in [0, 0.1) is 12.7 Å². The number of carbonyl (C=O) groups excluding carboxylic acids is 1. The van der Waals surface area contributed by atoms with E-state index in [2.05, 4.69) is 5.32 Å². The van der Waals surface area contributed by atoms with Crippen molar-refractivity contribution in [2.45, 2.75) is 39.7 Å². The normalized spacial score (nSPS) is 11.7.